The van der Waals surface area contributed by atoms with Crippen LogP contribution in [0.5, 0.6) is 5.75 Å². The Kier molecular flexibility index (Phi) is 6.44. The van der Waals surface area contributed by atoms with Gasteiger partial charge in [-0.1, -0.05) is 29.5 Å². The molecule has 7 heteroatoms. The summed E-state index contributed by atoms with van der Waals surface area (Å²) in [6.07, 6.45) is 0. The fraction of sp³-hybridized carbons (Fsp3) is 0.148. The molecule has 0 bridgehead atoms. The predicted molar refractivity (Wildman–Crippen MR) is 135 cm³/mol. The van der Waals surface area contributed by atoms with Crippen molar-refractivity contribution in [1.82, 2.24) is 4.57 Å². The van der Waals surface area contributed by atoms with E-state index in [4.69, 9.17) is 4.74 Å². The Labute approximate surface area is 199 Å². The molecule has 0 amide bonds. The highest BCUT2D eigenvalue weighted by Gasteiger charge is 2.24. The highest BCUT2D eigenvalue weighted by molar-refractivity contribution is 7.92. The molecule has 0 aliphatic carbocycles. The second-order valence-corrected chi connectivity index (χ2v) is 9.69. The lowest BCUT2D eigenvalue weighted by molar-refractivity contribution is 0.415. The second-order valence-electron chi connectivity index (χ2n) is 7.83. The van der Waals surface area contributed by atoms with Crippen LogP contribution in [-0.2, 0) is 17.1 Å². The Hall–Kier alpha value is -4.02. The molecule has 34 heavy (non-hydrogen) atoms. The van der Waals surface area contributed by atoms with Gasteiger partial charge < -0.3 is 9.30 Å². The van der Waals surface area contributed by atoms with Crippen LogP contribution in [0.2, 0.25) is 0 Å². The van der Waals surface area contributed by atoms with Gasteiger partial charge in [-0.05, 0) is 67.6 Å². The molecular formula is C27H24N2O4S. The first kappa shape index (κ1) is 23.1. The van der Waals surface area contributed by atoms with Crippen LogP contribution in [0, 0.1) is 18.8 Å². The van der Waals surface area contributed by atoms with Gasteiger partial charge >= 0.3 is 0 Å². The van der Waals surface area contributed by atoms with Crippen LogP contribution < -0.4 is 14.6 Å². The first-order chi connectivity index (χ1) is 16.3. The first-order valence-corrected chi connectivity index (χ1v) is 12.1. The lowest BCUT2D eigenvalue weighted by Gasteiger charge is -2.23. The maximum Gasteiger partial charge on any atom is 0.265 e. The molecule has 172 valence electrons. The van der Waals surface area contributed by atoms with Gasteiger partial charge in [0.15, 0.2) is 0 Å². The minimum Gasteiger partial charge on any atom is -0.497 e. The van der Waals surface area contributed by atoms with Gasteiger partial charge in [0, 0.05) is 24.1 Å². The minimum absolute atomic E-state index is 0.0422. The van der Waals surface area contributed by atoms with Gasteiger partial charge in [0.25, 0.3) is 15.6 Å². The average molecular weight is 473 g/mol. The van der Waals surface area contributed by atoms with Crippen molar-refractivity contribution in [3.63, 3.8) is 0 Å². The van der Waals surface area contributed by atoms with Gasteiger partial charge in [0.2, 0.25) is 0 Å². The van der Waals surface area contributed by atoms with Crippen LogP contribution in [0.1, 0.15) is 11.1 Å². The lowest BCUT2D eigenvalue weighted by atomic mass is 10.2. The molecule has 0 N–H and O–H groups in total. The summed E-state index contributed by atoms with van der Waals surface area (Å²) < 4.78 is 35.2. The Balaban J connectivity index is 1.77. The molecule has 3 aromatic carbocycles. The number of ether oxygens (including phenoxy) is 1. The van der Waals surface area contributed by atoms with Gasteiger partial charge in [0.05, 0.1) is 29.8 Å². The van der Waals surface area contributed by atoms with Gasteiger partial charge in [-0.3, -0.25) is 9.10 Å². The third-order valence-corrected chi connectivity index (χ3v) is 7.34. The van der Waals surface area contributed by atoms with Gasteiger partial charge in [-0.25, -0.2) is 8.42 Å². The zero-order valence-corrected chi connectivity index (χ0v) is 20.0. The molecule has 0 saturated carbocycles. The predicted octanol–water partition coefficient (Wildman–Crippen LogP) is 4.10. The topological polar surface area (TPSA) is 68.6 Å². The number of benzene rings is 3. The average Bonchev–Trinajstić information content (AvgIpc) is 2.84. The van der Waals surface area contributed by atoms with Gasteiger partial charge in [0.1, 0.15) is 5.75 Å². The molecule has 4 aromatic rings. The zero-order valence-electron chi connectivity index (χ0n) is 19.1. The van der Waals surface area contributed by atoms with Crippen molar-refractivity contribution >= 4 is 26.6 Å². The van der Waals surface area contributed by atoms with Crippen LogP contribution in [-0.4, -0.2) is 26.6 Å². The molecule has 6 nitrogen and oxygen atoms in total. The third-order valence-electron chi connectivity index (χ3n) is 5.55. The molecule has 0 spiro atoms. The van der Waals surface area contributed by atoms with Crippen LogP contribution in [0.4, 0.5) is 5.69 Å². The Morgan fingerprint density at radius 2 is 1.65 bits per heavy atom. The van der Waals surface area contributed by atoms with Crippen LogP contribution in [0.25, 0.3) is 10.9 Å². The van der Waals surface area contributed by atoms with Crippen molar-refractivity contribution in [3.8, 4) is 17.6 Å². The molecule has 0 aliphatic rings. The second kappa shape index (κ2) is 9.46. The number of anilines is 1. The van der Waals surface area contributed by atoms with Gasteiger partial charge in [-0.2, -0.15) is 0 Å². The molecule has 4 rings (SSSR count). The number of sulfonamides is 1. The van der Waals surface area contributed by atoms with Crippen LogP contribution in [0.15, 0.2) is 88.6 Å². The highest BCUT2D eigenvalue weighted by atomic mass is 32.2. The first-order valence-electron chi connectivity index (χ1n) is 10.6. The number of aryl methyl sites for hydroxylation is 2. The van der Waals surface area contributed by atoms with E-state index < -0.39 is 10.0 Å². The summed E-state index contributed by atoms with van der Waals surface area (Å²) in [7, 11) is -0.601. The van der Waals surface area contributed by atoms with E-state index in [9.17, 15) is 13.2 Å². The van der Waals surface area contributed by atoms with Crippen molar-refractivity contribution in [3.05, 3.63) is 100 Å². The summed E-state index contributed by atoms with van der Waals surface area (Å²) in [5.74, 6) is 6.74. The molecule has 0 fully saturated rings. The summed E-state index contributed by atoms with van der Waals surface area (Å²) in [5, 5.41) is 0.756. The van der Waals surface area contributed by atoms with E-state index in [-0.39, 0.29) is 17.0 Å². The molecule has 1 aromatic heterocycles. The number of fused-ring (bicyclic) bond motifs is 1. The molecular weight excluding hydrogens is 448 g/mol. The Bertz CT molecular complexity index is 1560. The highest BCUT2D eigenvalue weighted by Crippen LogP contribution is 2.27. The van der Waals surface area contributed by atoms with E-state index >= 15 is 0 Å². The maximum atomic E-state index is 13.6. The molecule has 1 heterocycles. The zero-order chi connectivity index (χ0) is 24.3. The largest absolute Gasteiger partial charge is 0.497 e. The Morgan fingerprint density at radius 1 is 0.941 bits per heavy atom. The van der Waals surface area contributed by atoms with Gasteiger partial charge in [-0.15, -0.1) is 0 Å². The monoisotopic (exact) mass is 472 g/mol. The Morgan fingerprint density at radius 3 is 2.32 bits per heavy atom. The van der Waals surface area contributed by atoms with Crippen LogP contribution >= 0.6 is 0 Å². The normalized spacial score (nSPS) is 11.0. The van der Waals surface area contributed by atoms with Crippen molar-refractivity contribution in [2.45, 2.75) is 11.8 Å². The van der Waals surface area contributed by atoms with E-state index in [0.29, 0.717) is 11.2 Å². The summed E-state index contributed by atoms with van der Waals surface area (Å²) >= 11 is 0. The minimum atomic E-state index is -3.88. The van der Waals surface area contributed by atoms with E-state index in [2.05, 4.69) is 11.8 Å². The molecule has 0 saturated heterocycles. The summed E-state index contributed by atoms with van der Waals surface area (Å²) in [6, 6.07) is 22.3. The molecule has 0 aliphatic heterocycles. The number of methoxy groups -OCH3 is 1. The number of pyridine rings is 1. The standard InChI is InChI=1S/C27H24N2O4S/c1-20-6-14-25(15-7-20)34(31,32)29(18-4-5-21-8-12-24(33-3)13-9-21)23-11-16-26-22(19-23)10-17-27(30)28(26)2/h6-17,19H,18H2,1-3H3. The maximum absolute atomic E-state index is 13.6. The number of hydrogen-bond donors (Lipinski definition) is 0. The fourth-order valence-electron chi connectivity index (χ4n) is 3.57. The van der Waals surface area contributed by atoms with E-state index in [1.54, 1.807) is 74.8 Å². The molecule has 0 atom stereocenters. The van der Waals surface area contributed by atoms with Crippen molar-refractivity contribution in [1.29, 1.82) is 0 Å². The summed E-state index contributed by atoms with van der Waals surface area (Å²) in [6.45, 7) is 1.86. The third kappa shape index (κ3) is 4.68. The fourth-order valence-corrected chi connectivity index (χ4v) is 4.93. The number of aromatic nitrogens is 1. The molecule has 0 radical (unpaired) electrons. The van der Waals surface area contributed by atoms with Crippen molar-refractivity contribution in [2.75, 3.05) is 18.0 Å². The van der Waals surface area contributed by atoms with E-state index in [1.165, 1.54) is 14.9 Å². The van der Waals surface area contributed by atoms with Crippen LogP contribution in [0.3, 0.4) is 0 Å². The SMILES string of the molecule is COc1ccc(C#CCN(c2ccc3c(ccc(=O)n3C)c2)S(=O)(=O)c2ccc(C)cc2)cc1. The van der Waals surface area contributed by atoms with E-state index in [1.807, 2.05) is 19.1 Å². The van der Waals surface area contributed by atoms with E-state index in [0.717, 1.165) is 22.3 Å². The lowest BCUT2D eigenvalue weighted by Crippen LogP contribution is -2.31. The van der Waals surface area contributed by atoms with Crippen molar-refractivity contribution in [2.24, 2.45) is 7.05 Å². The number of rotatable bonds is 5. The quantitative estimate of drug-likeness (QED) is 0.410. The summed E-state index contributed by atoms with van der Waals surface area (Å²) in [5.41, 5.74) is 2.78. The summed E-state index contributed by atoms with van der Waals surface area (Å²) in [4.78, 5) is 12.2. The number of hydrogen-bond acceptors (Lipinski definition) is 4. The smallest absolute Gasteiger partial charge is 0.265 e. The number of nitrogens with zero attached hydrogens (tertiary/aromatic N) is 2. The molecule has 0 unspecified atom stereocenters. The van der Waals surface area contributed by atoms with Crippen molar-refractivity contribution < 1.29 is 13.2 Å².